The number of nitro benzene ring substituents is 1. The van der Waals surface area contributed by atoms with Crippen molar-refractivity contribution < 1.29 is 19.3 Å². The van der Waals surface area contributed by atoms with Crippen molar-refractivity contribution in [3.8, 4) is 0 Å². The normalized spacial score (nSPS) is 21.8. The number of carbonyl (C=O) groups is 3. The molecular formula is C21H19N5O5. The van der Waals surface area contributed by atoms with Gasteiger partial charge in [0.25, 0.3) is 5.69 Å². The number of imide groups is 2. The lowest BCUT2D eigenvalue weighted by Crippen LogP contribution is -2.74. The second kappa shape index (κ2) is 6.79. The van der Waals surface area contributed by atoms with Crippen molar-refractivity contribution in [1.29, 1.82) is 0 Å². The van der Waals surface area contributed by atoms with Gasteiger partial charge in [-0.2, -0.15) is 0 Å². The Kier molecular flexibility index (Phi) is 4.17. The molecule has 3 aliphatic heterocycles. The zero-order valence-corrected chi connectivity index (χ0v) is 16.4. The predicted octanol–water partition coefficient (Wildman–Crippen LogP) is 1.20. The molecule has 2 fully saturated rings. The number of barbiturate groups is 1. The van der Waals surface area contributed by atoms with Gasteiger partial charge in [-0.25, -0.2) is 4.79 Å². The molecule has 2 aromatic carbocycles. The molecule has 10 heteroatoms. The van der Waals surface area contributed by atoms with Crippen LogP contribution in [0.3, 0.4) is 0 Å². The Bertz CT molecular complexity index is 1100. The van der Waals surface area contributed by atoms with Crippen LogP contribution in [0.5, 0.6) is 0 Å². The van der Waals surface area contributed by atoms with Gasteiger partial charge in [-0.05, 0) is 23.8 Å². The average Bonchev–Trinajstić information content (AvgIpc) is 2.77. The number of anilines is 2. The van der Waals surface area contributed by atoms with E-state index in [9.17, 15) is 24.5 Å². The Hall–Kier alpha value is -3.95. The quantitative estimate of drug-likeness (QED) is 0.424. The number of carbonyl (C=O) groups excluding carboxylic acids is 3. The lowest BCUT2D eigenvalue weighted by molar-refractivity contribution is -0.384. The van der Waals surface area contributed by atoms with E-state index in [-0.39, 0.29) is 12.1 Å². The highest BCUT2D eigenvalue weighted by atomic mass is 16.6. The standard InChI is InChI=1S/C21H19N5O5/c27-18-21(19(28)23-20(29)22-18)11-13-10-15(26(30)31)6-7-16(13)25-9-8-24(12-17(21)25)14-4-2-1-3-5-14/h1-7,10,17H,8-9,11-12H2,(H2,22,23,27,28,29)/t17-/m0/s1. The minimum atomic E-state index is -1.58. The highest BCUT2D eigenvalue weighted by Crippen LogP contribution is 2.45. The van der Waals surface area contributed by atoms with E-state index in [0.29, 0.717) is 25.2 Å². The summed E-state index contributed by atoms with van der Waals surface area (Å²) in [7, 11) is 0. The number of fused-ring (bicyclic) bond motifs is 4. The first kappa shape index (κ1) is 19.0. The molecule has 31 heavy (non-hydrogen) atoms. The van der Waals surface area contributed by atoms with E-state index in [1.54, 1.807) is 6.07 Å². The van der Waals surface area contributed by atoms with Gasteiger partial charge in [0.2, 0.25) is 11.8 Å². The summed E-state index contributed by atoms with van der Waals surface area (Å²) >= 11 is 0. The first-order valence-electron chi connectivity index (χ1n) is 9.91. The van der Waals surface area contributed by atoms with Crippen LogP contribution in [0.15, 0.2) is 48.5 Å². The van der Waals surface area contributed by atoms with Gasteiger partial charge in [0.1, 0.15) is 0 Å². The zero-order chi connectivity index (χ0) is 21.8. The van der Waals surface area contributed by atoms with Gasteiger partial charge in [0.15, 0.2) is 5.41 Å². The van der Waals surface area contributed by atoms with Crippen LogP contribution in [0.2, 0.25) is 0 Å². The van der Waals surface area contributed by atoms with Crippen molar-refractivity contribution in [2.24, 2.45) is 5.41 Å². The number of hydrogen-bond donors (Lipinski definition) is 2. The third-order valence-corrected chi connectivity index (χ3v) is 6.39. The van der Waals surface area contributed by atoms with Crippen LogP contribution in [0.4, 0.5) is 21.9 Å². The molecule has 5 rings (SSSR count). The molecule has 158 valence electrons. The van der Waals surface area contributed by atoms with Crippen molar-refractivity contribution in [1.82, 2.24) is 10.6 Å². The molecule has 2 aromatic rings. The van der Waals surface area contributed by atoms with Crippen LogP contribution in [0, 0.1) is 15.5 Å². The minimum Gasteiger partial charge on any atom is -0.368 e. The number of nitrogens with zero attached hydrogens (tertiary/aromatic N) is 3. The summed E-state index contributed by atoms with van der Waals surface area (Å²) in [6.07, 6.45) is -0.0290. The van der Waals surface area contributed by atoms with Crippen molar-refractivity contribution in [2.45, 2.75) is 12.5 Å². The van der Waals surface area contributed by atoms with E-state index in [1.807, 2.05) is 35.2 Å². The third-order valence-electron chi connectivity index (χ3n) is 6.39. The van der Waals surface area contributed by atoms with E-state index in [1.165, 1.54) is 12.1 Å². The Morgan fingerprint density at radius 1 is 1.00 bits per heavy atom. The first-order chi connectivity index (χ1) is 14.9. The number of para-hydroxylation sites is 1. The summed E-state index contributed by atoms with van der Waals surface area (Å²) in [6, 6.07) is 12.8. The Balaban J connectivity index is 1.63. The molecule has 4 amide bonds. The van der Waals surface area contributed by atoms with Crippen LogP contribution in [0.25, 0.3) is 0 Å². The summed E-state index contributed by atoms with van der Waals surface area (Å²) in [5.74, 6) is -1.35. The molecule has 2 N–H and O–H groups in total. The van der Waals surface area contributed by atoms with Gasteiger partial charge < -0.3 is 9.80 Å². The molecule has 3 aliphatic rings. The number of amides is 4. The minimum absolute atomic E-state index is 0.0290. The van der Waals surface area contributed by atoms with Crippen molar-refractivity contribution in [2.75, 3.05) is 29.4 Å². The van der Waals surface area contributed by atoms with Crippen LogP contribution >= 0.6 is 0 Å². The molecular weight excluding hydrogens is 402 g/mol. The van der Waals surface area contributed by atoms with Crippen LogP contribution in [-0.2, 0) is 16.0 Å². The fourth-order valence-corrected chi connectivity index (χ4v) is 4.92. The Morgan fingerprint density at radius 3 is 2.39 bits per heavy atom. The smallest absolute Gasteiger partial charge is 0.328 e. The average molecular weight is 421 g/mol. The van der Waals surface area contributed by atoms with Gasteiger partial charge in [0.05, 0.1) is 11.0 Å². The van der Waals surface area contributed by atoms with Crippen LogP contribution in [-0.4, -0.2) is 48.4 Å². The highest BCUT2D eigenvalue weighted by molar-refractivity contribution is 6.20. The topological polar surface area (TPSA) is 125 Å². The van der Waals surface area contributed by atoms with Crippen molar-refractivity contribution in [3.05, 3.63) is 64.2 Å². The number of nitro groups is 1. The van der Waals surface area contributed by atoms with Gasteiger partial charge in [-0.15, -0.1) is 0 Å². The molecule has 0 aromatic heterocycles. The van der Waals surface area contributed by atoms with Gasteiger partial charge in [-0.1, -0.05) is 18.2 Å². The summed E-state index contributed by atoms with van der Waals surface area (Å²) in [5, 5.41) is 15.8. The summed E-state index contributed by atoms with van der Waals surface area (Å²) in [5.41, 5.74) is 0.594. The molecule has 1 atom stereocenters. The van der Waals surface area contributed by atoms with Gasteiger partial charge in [0, 0.05) is 49.6 Å². The second-order valence-electron chi connectivity index (χ2n) is 7.95. The van der Waals surface area contributed by atoms with E-state index < -0.39 is 34.2 Å². The lowest BCUT2D eigenvalue weighted by Gasteiger charge is -2.54. The fraction of sp³-hybridized carbons (Fsp3) is 0.286. The van der Waals surface area contributed by atoms with E-state index >= 15 is 0 Å². The molecule has 0 unspecified atom stereocenters. The Labute approximate surface area is 177 Å². The molecule has 0 aliphatic carbocycles. The van der Waals surface area contributed by atoms with Gasteiger partial charge in [-0.3, -0.25) is 30.3 Å². The number of benzene rings is 2. The molecule has 0 bridgehead atoms. The molecule has 0 saturated carbocycles. The van der Waals surface area contributed by atoms with Crippen LogP contribution < -0.4 is 20.4 Å². The second-order valence-corrected chi connectivity index (χ2v) is 7.95. The summed E-state index contributed by atoms with van der Waals surface area (Å²) < 4.78 is 0. The third kappa shape index (κ3) is 2.82. The fourth-order valence-electron chi connectivity index (χ4n) is 4.92. The number of rotatable bonds is 2. The van der Waals surface area contributed by atoms with Gasteiger partial charge >= 0.3 is 6.03 Å². The maximum absolute atomic E-state index is 13.1. The predicted molar refractivity (Wildman–Crippen MR) is 111 cm³/mol. The molecule has 1 spiro atoms. The van der Waals surface area contributed by atoms with Crippen molar-refractivity contribution in [3.63, 3.8) is 0 Å². The zero-order valence-electron chi connectivity index (χ0n) is 16.4. The van der Waals surface area contributed by atoms with Crippen LogP contribution in [0.1, 0.15) is 5.56 Å². The molecule has 2 saturated heterocycles. The number of nitrogens with one attached hydrogen (secondary N) is 2. The molecule has 10 nitrogen and oxygen atoms in total. The monoisotopic (exact) mass is 421 g/mol. The van der Waals surface area contributed by atoms with E-state index in [0.717, 1.165) is 11.4 Å². The maximum Gasteiger partial charge on any atom is 0.328 e. The SMILES string of the molecule is O=C1NC(=O)C2(Cc3cc([N+](=O)[O-])ccc3N3CCN(c4ccccc4)C[C@H]32)C(=O)N1. The molecule has 3 heterocycles. The summed E-state index contributed by atoms with van der Waals surface area (Å²) in [6.45, 7) is 1.55. The first-order valence-corrected chi connectivity index (χ1v) is 9.91. The highest BCUT2D eigenvalue weighted by Gasteiger charge is 2.61. The van der Waals surface area contributed by atoms with E-state index in [2.05, 4.69) is 15.5 Å². The van der Waals surface area contributed by atoms with Crippen molar-refractivity contribution >= 4 is 34.9 Å². The lowest BCUT2D eigenvalue weighted by atomic mass is 9.68. The number of hydrogen-bond acceptors (Lipinski definition) is 7. The number of urea groups is 1. The van der Waals surface area contributed by atoms with E-state index in [4.69, 9.17) is 0 Å². The maximum atomic E-state index is 13.1. The largest absolute Gasteiger partial charge is 0.368 e. The summed E-state index contributed by atoms with van der Waals surface area (Å²) in [4.78, 5) is 52.9. The number of non-ortho nitro benzene ring substituents is 1. The number of piperazine rings is 1. The molecule has 0 radical (unpaired) electrons. The Morgan fingerprint density at radius 2 is 1.71 bits per heavy atom.